The summed E-state index contributed by atoms with van der Waals surface area (Å²) in [5.41, 5.74) is -0.00501. The van der Waals surface area contributed by atoms with Gasteiger partial charge < -0.3 is 15.0 Å². The van der Waals surface area contributed by atoms with E-state index in [0.29, 0.717) is 48.7 Å². The molecule has 0 saturated carbocycles. The van der Waals surface area contributed by atoms with Crippen LogP contribution in [0.1, 0.15) is 31.4 Å². The van der Waals surface area contributed by atoms with Gasteiger partial charge in [0, 0.05) is 32.2 Å². The maximum atomic E-state index is 13.6. The molecule has 2 aromatic rings. The van der Waals surface area contributed by atoms with Crippen molar-refractivity contribution >= 4 is 39.1 Å². The van der Waals surface area contributed by atoms with Gasteiger partial charge in [-0.05, 0) is 62.2 Å². The van der Waals surface area contributed by atoms with Crippen molar-refractivity contribution < 1.29 is 31.1 Å². The molecular formula is C25H30Cl2F3N3O4S. The maximum absolute atomic E-state index is 13.6. The van der Waals surface area contributed by atoms with Crippen LogP contribution < -0.4 is 10.1 Å². The van der Waals surface area contributed by atoms with Gasteiger partial charge in [-0.3, -0.25) is 4.79 Å². The maximum Gasteiger partial charge on any atom is 0.573 e. The number of alkyl halides is 3. The molecule has 3 rings (SSSR count). The summed E-state index contributed by atoms with van der Waals surface area (Å²) in [6, 6.07) is 10.1. The van der Waals surface area contributed by atoms with Gasteiger partial charge in [0.1, 0.15) is 5.75 Å². The van der Waals surface area contributed by atoms with Crippen LogP contribution in [0.25, 0.3) is 0 Å². The van der Waals surface area contributed by atoms with Crippen molar-refractivity contribution in [3.63, 3.8) is 0 Å². The molecule has 0 aromatic heterocycles. The summed E-state index contributed by atoms with van der Waals surface area (Å²) in [6.45, 7) is 5.47. The Morgan fingerprint density at radius 1 is 1.13 bits per heavy atom. The third kappa shape index (κ3) is 7.98. The first-order valence-corrected chi connectivity index (χ1v) is 14.5. The van der Waals surface area contributed by atoms with Crippen LogP contribution in [0.4, 0.5) is 13.2 Å². The summed E-state index contributed by atoms with van der Waals surface area (Å²) in [4.78, 5) is 15.7. The van der Waals surface area contributed by atoms with Gasteiger partial charge in [0.05, 0.1) is 21.7 Å². The van der Waals surface area contributed by atoms with Gasteiger partial charge in [0.25, 0.3) is 0 Å². The molecule has 1 saturated heterocycles. The number of nitrogens with one attached hydrogen (secondary N) is 1. The zero-order valence-corrected chi connectivity index (χ0v) is 23.5. The number of halogens is 5. The fourth-order valence-electron chi connectivity index (χ4n) is 4.55. The summed E-state index contributed by atoms with van der Waals surface area (Å²) in [7, 11) is -3.31. The number of amides is 1. The predicted molar refractivity (Wildman–Crippen MR) is 141 cm³/mol. The average molecular weight is 596 g/mol. The van der Waals surface area contributed by atoms with E-state index in [2.05, 4.69) is 15.0 Å². The van der Waals surface area contributed by atoms with E-state index >= 15 is 0 Å². The van der Waals surface area contributed by atoms with Crippen LogP contribution in [0.15, 0.2) is 42.5 Å². The fourth-order valence-corrected chi connectivity index (χ4v) is 5.98. The molecule has 7 nitrogen and oxygen atoms in total. The minimum Gasteiger partial charge on any atom is -0.406 e. The molecule has 0 bridgehead atoms. The molecule has 2 aromatic carbocycles. The Labute approximate surface area is 230 Å². The second-order valence-corrected chi connectivity index (χ2v) is 12.4. The zero-order valence-electron chi connectivity index (χ0n) is 21.2. The summed E-state index contributed by atoms with van der Waals surface area (Å²) in [5.74, 6) is -0.722. The molecule has 1 aliphatic rings. The van der Waals surface area contributed by atoms with Gasteiger partial charge >= 0.3 is 6.36 Å². The zero-order chi connectivity index (χ0) is 28.3. The van der Waals surface area contributed by atoms with Gasteiger partial charge in [-0.25, -0.2) is 8.42 Å². The topological polar surface area (TPSA) is 79.0 Å². The van der Waals surface area contributed by atoms with Crippen molar-refractivity contribution in [2.45, 2.75) is 44.6 Å². The van der Waals surface area contributed by atoms with Crippen LogP contribution >= 0.6 is 23.2 Å². The standard InChI is InChI=1S/C25H30Cl2F3N3O4S/c1-17-16-32(11-12-33(17)38(3,35)36)10-9-24(2,19-7-8-21(26)22(27)14-19)23(34)31-15-18-5-4-6-20(13-18)37-25(28,29)30/h4-8,13-14,17H,9-12,15-16H2,1-3H3,(H,31,34)/t17-,24?/m1/s1. The normalized spacial score (nSPS) is 19.1. The van der Waals surface area contributed by atoms with Gasteiger partial charge in [0.15, 0.2) is 0 Å². The van der Waals surface area contributed by atoms with Crippen molar-refractivity contribution in [1.29, 1.82) is 0 Å². The lowest BCUT2D eigenvalue weighted by atomic mass is 9.78. The second kappa shape index (κ2) is 12.0. The third-order valence-corrected chi connectivity index (χ3v) is 8.78. The Bertz CT molecular complexity index is 1260. The Morgan fingerprint density at radius 3 is 2.45 bits per heavy atom. The number of rotatable bonds is 9. The lowest BCUT2D eigenvalue weighted by Gasteiger charge is -2.40. The molecule has 2 atom stereocenters. The van der Waals surface area contributed by atoms with Crippen molar-refractivity contribution in [3.8, 4) is 5.75 Å². The highest BCUT2D eigenvalue weighted by Crippen LogP contribution is 2.34. The minimum absolute atomic E-state index is 0.0190. The van der Waals surface area contributed by atoms with Crippen molar-refractivity contribution in [3.05, 3.63) is 63.6 Å². The highest BCUT2D eigenvalue weighted by molar-refractivity contribution is 7.88. The number of nitrogens with zero attached hydrogens (tertiary/aromatic N) is 2. The lowest BCUT2D eigenvalue weighted by molar-refractivity contribution is -0.274. The Balaban J connectivity index is 1.76. The molecule has 1 N–H and O–H groups in total. The van der Waals surface area contributed by atoms with Crippen LogP contribution in [-0.4, -0.2) is 68.4 Å². The van der Waals surface area contributed by atoms with E-state index in [-0.39, 0.29) is 29.3 Å². The Kier molecular flexibility index (Phi) is 9.63. The van der Waals surface area contributed by atoms with Gasteiger partial charge in [0.2, 0.25) is 15.9 Å². The number of piperazine rings is 1. The Morgan fingerprint density at radius 2 is 1.84 bits per heavy atom. The monoisotopic (exact) mass is 595 g/mol. The van der Waals surface area contributed by atoms with E-state index in [0.717, 1.165) is 0 Å². The van der Waals surface area contributed by atoms with Gasteiger partial charge in [-0.15, -0.1) is 13.2 Å². The number of hydrogen-bond donors (Lipinski definition) is 1. The van der Waals surface area contributed by atoms with Crippen LogP contribution in [-0.2, 0) is 26.8 Å². The van der Waals surface area contributed by atoms with Gasteiger partial charge in [-0.2, -0.15) is 4.31 Å². The highest BCUT2D eigenvalue weighted by atomic mass is 35.5. The van der Waals surface area contributed by atoms with E-state index in [9.17, 15) is 26.4 Å². The smallest absolute Gasteiger partial charge is 0.406 e. The van der Waals surface area contributed by atoms with E-state index in [1.165, 1.54) is 28.8 Å². The van der Waals surface area contributed by atoms with E-state index in [1.54, 1.807) is 31.2 Å². The molecule has 0 spiro atoms. The fraction of sp³-hybridized carbons (Fsp3) is 0.480. The molecule has 0 radical (unpaired) electrons. The highest BCUT2D eigenvalue weighted by Gasteiger charge is 2.37. The van der Waals surface area contributed by atoms with Crippen LogP contribution in [0.5, 0.6) is 5.75 Å². The minimum atomic E-state index is -4.82. The van der Waals surface area contributed by atoms with Crippen LogP contribution in [0, 0.1) is 0 Å². The number of benzene rings is 2. The van der Waals surface area contributed by atoms with Crippen molar-refractivity contribution in [1.82, 2.24) is 14.5 Å². The summed E-state index contributed by atoms with van der Waals surface area (Å²) in [5, 5.41) is 3.45. The lowest BCUT2D eigenvalue weighted by Crippen LogP contribution is -2.54. The molecule has 1 fully saturated rings. The van der Waals surface area contributed by atoms with Crippen LogP contribution in [0.2, 0.25) is 10.0 Å². The first-order valence-electron chi connectivity index (χ1n) is 11.9. The number of carbonyl (C=O) groups is 1. The Hall–Kier alpha value is -2.05. The average Bonchev–Trinajstić information content (AvgIpc) is 2.81. The number of carbonyl (C=O) groups excluding carboxylic acids is 1. The van der Waals surface area contributed by atoms with E-state index in [1.807, 2.05) is 6.92 Å². The van der Waals surface area contributed by atoms with Gasteiger partial charge in [-0.1, -0.05) is 41.4 Å². The molecular weight excluding hydrogens is 566 g/mol. The van der Waals surface area contributed by atoms with E-state index < -0.39 is 21.8 Å². The molecule has 13 heteroatoms. The SMILES string of the molecule is C[C@@H]1CN(CCC(C)(C(=O)NCc2cccc(OC(F)(F)F)c2)c2ccc(Cl)c(Cl)c2)CCN1S(C)(=O)=O. The quantitative estimate of drug-likeness (QED) is 0.449. The number of hydrogen-bond acceptors (Lipinski definition) is 5. The number of sulfonamides is 1. The molecule has 1 heterocycles. The molecule has 0 aliphatic carbocycles. The molecule has 1 aliphatic heterocycles. The van der Waals surface area contributed by atoms with Crippen molar-refractivity contribution in [2.75, 3.05) is 32.4 Å². The first kappa shape index (κ1) is 30.5. The summed E-state index contributed by atoms with van der Waals surface area (Å²) in [6.07, 6.45) is -3.26. The van der Waals surface area contributed by atoms with E-state index in [4.69, 9.17) is 23.2 Å². The molecule has 210 valence electrons. The largest absolute Gasteiger partial charge is 0.573 e. The second-order valence-electron chi connectivity index (χ2n) is 9.61. The molecule has 1 unspecified atom stereocenters. The molecule has 1 amide bonds. The van der Waals surface area contributed by atoms with Crippen LogP contribution in [0.3, 0.4) is 0 Å². The molecule has 38 heavy (non-hydrogen) atoms. The summed E-state index contributed by atoms with van der Waals surface area (Å²) >= 11 is 12.3. The number of ether oxygens (including phenoxy) is 1. The predicted octanol–water partition coefficient (Wildman–Crippen LogP) is 4.82. The third-order valence-electron chi connectivity index (χ3n) is 6.65. The van der Waals surface area contributed by atoms with Crippen molar-refractivity contribution in [2.24, 2.45) is 0 Å². The summed E-state index contributed by atoms with van der Waals surface area (Å²) < 4.78 is 67.2. The first-order chi connectivity index (χ1) is 17.6.